The maximum atomic E-state index is 12.8. The monoisotopic (exact) mass is 325 g/mol. The lowest BCUT2D eigenvalue weighted by molar-refractivity contribution is -0.113. The molecule has 0 saturated carbocycles. The molecule has 7 nitrogen and oxygen atoms in total. The number of aromatic amines is 1. The van der Waals surface area contributed by atoms with Gasteiger partial charge in [-0.1, -0.05) is 6.58 Å². The Hall–Kier alpha value is -2.96. The SMILES string of the molecule is C=CC(=O)N(C)c1ccc(C(=O)N2CCC[C@H]2c2ncn[nH]2)cc1. The second-order valence-corrected chi connectivity index (χ2v) is 5.68. The maximum Gasteiger partial charge on any atom is 0.254 e. The number of carbonyl (C=O) groups is 2. The summed E-state index contributed by atoms with van der Waals surface area (Å²) in [6.07, 6.45) is 4.52. The summed E-state index contributed by atoms with van der Waals surface area (Å²) in [6, 6.07) is 6.92. The predicted octanol–water partition coefficient (Wildman–Crippen LogP) is 1.93. The van der Waals surface area contributed by atoms with Crippen molar-refractivity contribution >= 4 is 17.5 Å². The van der Waals surface area contributed by atoms with Crippen molar-refractivity contribution in [1.29, 1.82) is 0 Å². The van der Waals surface area contributed by atoms with E-state index in [1.54, 1.807) is 31.3 Å². The molecular formula is C17H19N5O2. The molecule has 3 rings (SSSR count). The van der Waals surface area contributed by atoms with Crippen molar-refractivity contribution in [2.24, 2.45) is 0 Å². The van der Waals surface area contributed by atoms with Crippen LogP contribution in [0.4, 0.5) is 5.69 Å². The van der Waals surface area contributed by atoms with E-state index in [0.29, 0.717) is 23.6 Å². The number of carbonyl (C=O) groups excluding carboxylic acids is 2. The Morgan fingerprint density at radius 2 is 2.12 bits per heavy atom. The number of aromatic nitrogens is 3. The van der Waals surface area contributed by atoms with E-state index in [1.807, 2.05) is 4.90 Å². The van der Waals surface area contributed by atoms with Crippen LogP contribution in [-0.4, -0.2) is 45.5 Å². The number of hydrogen-bond acceptors (Lipinski definition) is 4. The molecule has 1 aliphatic heterocycles. The lowest BCUT2D eigenvalue weighted by atomic mass is 10.1. The first-order chi connectivity index (χ1) is 11.6. The van der Waals surface area contributed by atoms with Gasteiger partial charge < -0.3 is 9.80 Å². The molecule has 24 heavy (non-hydrogen) atoms. The van der Waals surface area contributed by atoms with Crippen molar-refractivity contribution in [2.75, 3.05) is 18.5 Å². The lowest BCUT2D eigenvalue weighted by Crippen LogP contribution is -2.31. The zero-order valence-corrected chi connectivity index (χ0v) is 13.5. The van der Waals surface area contributed by atoms with Gasteiger partial charge in [0.1, 0.15) is 12.2 Å². The molecule has 0 radical (unpaired) electrons. The van der Waals surface area contributed by atoms with Gasteiger partial charge in [0, 0.05) is 24.8 Å². The number of benzene rings is 1. The van der Waals surface area contributed by atoms with E-state index in [2.05, 4.69) is 21.8 Å². The number of likely N-dealkylation sites (tertiary alicyclic amines) is 1. The highest BCUT2D eigenvalue weighted by Gasteiger charge is 2.32. The van der Waals surface area contributed by atoms with E-state index < -0.39 is 0 Å². The van der Waals surface area contributed by atoms with Gasteiger partial charge in [-0.05, 0) is 43.2 Å². The molecule has 1 aromatic carbocycles. The van der Waals surface area contributed by atoms with E-state index in [0.717, 1.165) is 12.8 Å². The van der Waals surface area contributed by atoms with Gasteiger partial charge in [0.2, 0.25) is 5.91 Å². The summed E-state index contributed by atoms with van der Waals surface area (Å²) in [4.78, 5) is 31.9. The summed E-state index contributed by atoms with van der Waals surface area (Å²) in [5.41, 5.74) is 1.30. The maximum absolute atomic E-state index is 12.8. The first kappa shape index (κ1) is 15.9. The Morgan fingerprint density at radius 1 is 1.38 bits per heavy atom. The molecule has 1 saturated heterocycles. The molecule has 1 aliphatic rings. The van der Waals surface area contributed by atoms with Crippen molar-refractivity contribution in [3.05, 3.63) is 54.6 Å². The summed E-state index contributed by atoms with van der Waals surface area (Å²) in [6.45, 7) is 4.17. The fourth-order valence-corrected chi connectivity index (χ4v) is 2.93. The standard InChI is InChI=1S/C17H19N5O2/c1-3-15(23)21(2)13-8-6-12(7-9-13)17(24)22-10-4-5-14(22)16-18-11-19-20-16/h3,6-9,11,14H,1,4-5,10H2,2H3,(H,18,19,20)/t14-/m0/s1. The van der Waals surface area contributed by atoms with Crippen molar-refractivity contribution < 1.29 is 9.59 Å². The smallest absolute Gasteiger partial charge is 0.254 e. The van der Waals surface area contributed by atoms with Gasteiger partial charge in [0.05, 0.1) is 6.04 Å². The number of amides is 2. The summed E-state index contributed by atoms with van der Waals surface area (Å²) in [5.74, 6) is 0.478. The molecule has 2 amide bonds. The topological polar surface area (TPSA) is 82.2 Å². The van der Waals surface area contributed by atoms with Crippen LogP contribution in [0.25, 0.3) is 0 Å². The van der Waals surface area contributed by atoms with Gasteiger partial charge in [-0.2, -0.15) is 5.10 Å². The third-order valence-corrected chi connectivity index (χ3v) is 4.27. The third-order valence-electron chi connectivity index (χ3n) is 4.27. The Morgan fingerprint density at radius 3 is 2.75 bits per heavy atom. The summed E-state index contributed by atoms with van der Waals surface area (Å²) < 4.78 is 0. The van der Waals surface area contributed by atoms with Gasteiger partial charge in [0.15, 0.2) is 0 Å². The Kier molecular flexibility index (Phi) is 4.41. The molecule has 0 unspecified atom stereocenters. The van der Waals surface area contributed by atoms with Crippen LogP contribution in [0.5, 0.6) is 0 Å². The van der Waals surface area contributed by atoms with Crippen molar-refractivity contribution in [1.82, 2.24) is 20.1 Å². The highest BCUT2D eigenvalue weighted by atomic mass is 16.2. The Labute approximate surface area is 140 Å². The lowest BCUT2D eigenvalue weighted by Gasteiger charge is -2.23. The number of nitrogens with one attached hydrogen (secondary N) is 1. The van der Waals surface area contributed by atoms with Gasteiger partial charge in [-0.3, -0.25) is 14.7 Å². The average molecular weight is 325 g/mol. The largest absolute Gasteiger partial charge is 0.328 e. The van der Waals surface area contributed by atoms with Crippen LogP contribution in [0.2, 0.25) is 0 Å². The summed E-state index contributed by atoms with van der Waals surface area (Å²) in [7, 11) is 1.67. The van der Waals surface area contributed by atoms with Crippen LogP contribution in [-0.2, 0) is 4.79 Å². The van der Waals surface area contributed by atoms with Gasteiger partial charge in [0.25, 0.3) is 5.91 Å². The molecular weight excluding hydrogens is 306 g/mol. The van der Waals surface area contributed by atoms with Crippen LogP contribution >= 0.6 is 0 Å². The normalized spacial score (nSPS) is 16.9. The molecule has 2 aromatic rings. The number of anilines is 1. The minimum Gasteiger partial charge on any atom is -0.328 e. The number of H-pyrrole nitrogens is 1. The van der Waals surface area contributed by atoms with E-state index >= 15 is 0 Å². The Bertz CT molecular complexity index is 739. The third kappa shape index (κ3) is 2.92. The number of likely N-dealkylation sites (N-methyl/N-ethyl adjacent to an activating group) is 1. The minimum atomic E-state index is -0.195. The first-order valence-electron chi connectivity index (χ1n) is 7.78. The number of rotatable bonds is 4. The zero-order valence-electron chi connectivity index (χ0n) is 13.5. The van der Waals surface area contributed by atoms with Crippen LogP contribution < -0.4 is 4.90 Å². The van der Waals surface area contributed by atoms with E-state index in [1.165, 1.54) is 17.3 Å². The molecule has 0 spiro atoms. The molecule has 7 heteroatoms. The van der Waals surface area contributed by atoms with Gasteiger partial charge in [-0.25, -0.2) is 4.98 Å². The molecule has 1 fully saturated rings. The zero-order chi connectivity index (χ0) is 17.1. The van der Waals surface area contributed by atoms with Crippen LogP contribution in [0, 0.1) is 0 Å². The average Bonchev–Trinajstić information content (AvgIpc) is 3.30. The van der Waals surface area contributed by atoms with Crippen LogP contribution in [0.3, 0.4) is 0 Å². The molecule has 1 aromatic heterocycles. The molecule has 1 atom stereocenters. The van der Waals surface area contributed by atoms with Crippen molar-refractivity contribution in [3.63, 3.8) is 0 Å². The van der Waals surface area contributed by atoms with Gasteiger partial charge >= 0.3 is 0 Å². The molecule has 0 bridgehead atoms. The fraction of sp³-hybridized carbons (Fsp3) is 0.294. The summed E-state index contributed by atoms with van der Waals surface area (Å²) >= 11 is 0. The van der Waals surface area contributed by atoms with Gasteiger partial charge in [-0.15, -0.1) is 0 Å². The number of hydrogen-bond donors (Lipinski definition) is 1. The predicted molar refractivity (Wildman–Crippen MR) is 89.4 cm³/mol. The highest BCUT2D eigenvalue weighted by Crippen LogP contribution is 2.31. The van der Waals surface area contributed by atoms with E-state index in [9.17, 15) is 9.59 Å². The molecule has 2 heterocycles. The molecule has 124 valence electrons. The highest BCUT2D eigenvalue weighted by molar-refractivity contribution is 6.01. The van der Waals surface area contributed by atoms with E-state index in [-0.39, 0.29) is 17.9 Å². The number of nitrogens with zero attached hydrogens (tertiary/aromatic N) is 4. The second-order valence-electron chi connectivity index (χ2n) is 5.68. The fourth-order valence-electron chi connectivity index (χ4n) is 2.93. The summed E-state index contributed by atoms with van der Waals surface area (Å²) in [5, 5.41) is 6.72. The van der Waals surface area contributed by atoms with E-state index in [4.69, 9.17) is 0 Å². The van der Waals surface area contributed by atoms with Crippen molar-refractivity contribution in [2.45, 2.75) is 18.9 Å². The van der Waals surface area contributed by atoms with Crippen molar-refractivity contribution in [3.8, 4) is 0 Å². The second kappa shape index (κ2) is 6.66. The Balaban J connectivity index is 1.77. The minimum absolute atomic E-state index is 0.0434. The van der Waals surface area contributed by atoms with Crippen LogP contribution in [0.15, 0.2) is 43.2 Å². The molecule has 1 N–H and O–H groups in total. The molecule has 0 aliphatic carbocycles. The first-order valence-corrected chi connectivity index (χ1v) is 7.78. The van der Waals surface area contributed by atoms with Crippen LogP contribution in [0.1, 0.15) is 35.1 Å². The quantitative estimate of drug-likeness (QED) is 0.871.